The summed E-state index contributed by atoms with van der Waals surface area (Å²) in [6.45, 7) is 0. The lowest BCUT2D eigenvalue weighted by atomic mass is 9.94. The Morgan fingerprint density at radius 3 is 2.09 bits per heavy atom. The number of nitrogens with two attached hydrogens (primary N) is 1. The zero-order valence-corrected chi connectivity index (χ0v) is 19.5. The number of benzene rings is 4. The quantitative estimate of drug-likeness (QED) is 0.295. The number of hydrogen-bond donors (Lipinski definition) is 2. The van der Waals surface area contributed by atoms with Crippen LogP contribution in [0.2, 0.25) is 5.02 Å². The Morgan fingerprint density at radius 2 is 1.46 bits per heavy atom. The van der Waals surface area contributed by atoms with Gasteiger partial charge in [0, 0.05) is 36.3 Å². The van der Waals surface area contributed by atoms with E-state index in [1.807, 2.05) is 48.5 Å². The van der Waals surface area contributed by atoms with Crippen molar-refractivity contribution in [1.29, 1.82) is 0 Å². The molecule has 0 amide bonds. The van der Waals surface area contributed by atoms with Gasteiger partial charge in [0.2, 0.25) is 0 Å². The van der Waals surface area contributed by atoms with Crippen molar-refractivity contribution in [2.75, 3.05) is 5.73 Å². The number of halogens is 2. The van der Waals surface area contributed by atoms with Gasteiger partial charge in [-0.3, -0.25) is 4.57 Å². The molecule has 0 aliphatic heterocycles. The highest BCUT2D eigenvalue weighted by Gasteiger charge is 2.16. The number of nitrogens with zero attached hydrogens (tertiary/aromatic N) is 2. The van der Waals surface area contributed by atoms with E-state index in [1.54, 1.807) is 37.6 Å². The summed E-state index contributed by atoms with van der Waals surface area (Å²) in [5, 5.41) is 11.5. The number of aromatic nitrogens is 2. The molecule has 5 nitrogen and oxygen atoms in total. The third-order valence-corrected chi connectivity index (χ3v) is 6.26. The largest absolute Gasteiger partial charge is 0.507 e. The summed E-state index contributed by atoms with van der Waals surface area (Å²) in [5.74, 6) is -0.563. The Bertz CT molecular complexity index is 1620. The third-order valence-electron chi connectivity index (χ3n) is 5.96. The number of phenols is 1. The molecule has 0 unspecified atom stereocenters. The highest BCUT2D eigenvalue weighted by molar-refractivity contribution is 6.32. The number of hydrogen-bond acceptors (Lipinski definition) is 3. The molecule has 0 spiro atoms. The lowest BCUT2D eigenvalue weighted by Gasteiger charge is -2.14. The smallest absolute Gasteiger partial charge is 0.332 e. The summed E-state index contributed by atoms with van der Waals surface area (Å²) >= 11 is 6.49. The Morgan fingerprint density at radius 1 is 0.829 bits per heavy atom. The van der Waals surface area contributed by atoms with Crippen LogP contribution in [-0.4, -0.2) is 14.2 Å². The van der Waals surface area contributed by atoms with Gasteiger partial charge in [-0.15, -0.1) is 0 Å². The third kappa shape index (κ3) is 4.20. The molecule has 1 aromatic heterocycles. The molecule has 7 heteroatoms. The van der Waals surface area contributed by atoms with E-state index in [2.05, 4.69) is 0 Å². The van der Waals surface area contributed by atoms with Crippen molar-refractivity contribution in [2.45, 2.75) is 0 Å². The molecule has 35 heavy (non-hydrogen) atoms. The lowest BCUT2D eigenvalue weighted by molar-refractivity contribution is 0.477. The summed E-state index contributed by atoms with van der Waals surface area (Å²) in [6.07, 6.45) is 3.25. The van der Waals surface area contributed by atoms with Gasteiger partial charge in [0.05, 0.1) is 10.7 Å². The van der Waals surface area contributed by atoms with Crippen molar-refractivity contribution in [3.05, 3.63) is 113 Å². The zero-order valence-electron chi connectivity index (χ0n) is 18.7. The van der Waals surface area contributed by atoms with Crippen LogP contribution in [0.25, 0.3) is 39.1 Å². The molecular formula is C28H21ClFN3O2. The van der Waals surface area contributed by atoms with Crippen LogP contribution in [0.1, 0.15) is 0 Å². The number of aryl methyl sites for hydroxylation is 1. The highest BCUT2D eigenvalue weighted by Crippen LogP contribution is 2.41. The van der Waals surface area contributed by atoms with E-state index in [9.17, 15) is 14.3 Å². The molecule has 1 heterocycles. The summed E-state index contributed by atoms with van der Waals surface area (Å²) < 4.78 is 17.6. The van der Waals surface area contributed by atoms with Crippen LogP contribution in [0.15, 0.2) is 96.1 Å². The van der Waals surface area contributed by atoms with Crippen molar-refractivity contribution < 1.29 is 9.50 Å². The van der Waals surface area contributed by atoms with Crippen molar-refractivity contribution in [1.82, 2.24) is 9.13 Å². The van der Waals surface area contributed by atoms with E-state index in [-0.39, 0.29) is 11.4 Å². The summed E-state index contributed by atoms with van der Waals surface area (Å²) in [7, 11) is 1.65. The first-order valence-electron chi connectivity index (χ1n) is 10.8. The van der Waals surface area contributed by atoms with Crippen LogP contribution in [0.4, 0.5) is 10.1 Å². The molecule has 5 rings (SSSR count). The first-order chi connectivity index (χ1) is 16.8. The van der Waals surface area contributed by atoms with Crippen molar-refractivity contribution in [3.8, 4) is 44.8 Å². The molecule has 0 fully saturated rings. The fraction of sp³-hybridized carbons (Fsp3) is 0.0357. The minimum absolute atomic E-state index is 0.0680. The summed E-state index contributed by atoms with van der Waals surface area (Å²) in [5.41, 5.74) is 10.4. The molecule has 0 radical (unpaired) electrons. The molecule has 174 valence electrons. The van der Waals surface area contributed by atoms with Crippen LogP contribution < -0.4 is 11.4 Å². The van der Waals surface area contributed by atoms with E-state index >= 15 is 0 Å². The van der Waals surface area contributed by atoms with Crippen LogP contribution in [0, 0.1) is 5.82 Å². The second-order valence-corrected chi connectivity index (χ2v) is 8.69. The van der Waals surface area contributed by atoms with Gasteiger partial charge in [-0.1, -0.05) is 48.0 Å². The maximum atomic E-state index is 14.7. The van der Waals surface area contributed by atoms with Gasteiger partial charge in [-0.2, -0.15) is 0 Å². The molecule has 0 bridgehead atoms. The Hall–Kier alpha value is -4.29. The fourth-order valence-corrected chi connectivity index (χ4v) is 4.37. The van der Waals surface area contributed by atoms with E-state index in [1.165, 1.54) is 21.3 Å². The van der Waals surface area contributed by atoms with Gasteiger partial charge >= 0.3 is 5.69 Å². The first-order valence-corrected chi connectivity index (χ1v) is 11.2. The van der Waals surface area contributed by atoms with Crippen molar-refractivity contribution >= 4 is 17.3 Å². The summed E-state index contributed by atoms with van der Waals surface area (Å²) in [4.78, 5) is 12.3. The molecule has 5 aromatic rings. The van der Waals surface area contributed by atoms with Crippen LogP contribution in [0.5, 0.6) is 5.75 Å². The second kappa shape index (κ2) is 8.81. The number of nitrogen functional groups attached to an aromatic ring is 1. The average molecular weight is 486 g/mol. The molecule has 0 saturated carbocycles. The predicted molar refractivity (Wildman–Crippen MR) is 138 cm³/mol. The molecule has 0 aliphatic rings. The second-order valence-electron chi connectivity index (χ2n) is 8.28. The van der Waals surface area contributed by atoms with Crippen LogP contribution >= 0.6 is 11.6 Å². The Kier molecular flexibility index (Phi) is 5.67. The number of phenolic OH excluding ortho intramolecular Hbond substituents is 1. The Balaban J connectivity index is 1.58. The SMILES string of the molecule is Cn1ccn(-c2ccc(-c3cc(F)cc(-c4cccc(-c5ccc(N)cc5)c4)c3O)cc2Cl)c1=O. The molecule has 0 aliphatic carbocycles. The normalized spacial score (nSPS) is 11.1. The van der Waals surface area contributed by atoms with Gasteiger partial charge < -0.3 is 15.4 Å². The van der Waals surface area contributed by atoms with Crippen molar-refractivity contribution in [3.63, 3.8) is 0 Å². The van der Waals surface area contributed by atoms with Crippen LogP contribution in [-0.2, 0) is 7.05 Å². The minimum Gasteiger partial charge on any atom is -0.507 e. The number of imidazole rings is 1. The van der Waals surface area contributed by atoms with E-state index in [0.717, 1.165) is 11.1 Å². The molecule has 0 saturated heterocycles. The number of rotatable bonds is 4. The fourth-order valence-electron chi connectivity index (χ4n) is 4.10. The van der Waals surface area contributed by atoms with Gasteiger partial charge in [-0.25, -0.2) is 9.18 Å². The minimum atomic E-state index is -0.495. The van der Waals surface area contributed by atoms with Gasteiger partial charge in [-0.05, 0) is 64.7 Å². The standard InChI is InChI=1S/C28H21ClFN3O2/c1-32-11-12-33(28(32)35)26-10-7-20(14-25(26)29)24-16-21(30)15-23(27(24)34)19-4-2-3-18(13-19)17-5-8-22(31)9-6-17/h2-16,34H,31H2,1H3. The van der Waals surface area contributed by atoms with Gasteiger partial charge in [0.25, 0.3) is 0 Å². The topological polar surface area (TPSA) is 73.2 Å². The lowest BCUT2D eigenvalue weighted by Crippen LogP contribution is -2.20. The molecule has 0 atom stereocenters. The van der Waals surface area contributed by atoms with E-state index in [0.29, 0.717) is 38.7 Å². The maximum absolute atomic E-state index is 14.7. The molecule has 4 aromatic carbocycles. The van der Waals surface area contributed by atoms with Gasteiger partial charge in [0.1, 0.15) is 11.6 Å². The first kappa shape index (κ1) is 22.5. The maximum Gasteiger partial charge on any atom is 0.332 e. The number of anilines is 1. The number of aromatic hydroxyl groups is 1. The monoisotopic (exact) mass is 485 g/mol. The van der Waals surface area contributed by atoms with Crippen LogP contribution in [0.3, 0.4) is 0 Å². The Labute approximate surface area is 206 Å². The zero-order chi connectivity index (χ0) is 24.7. The highest BCUT2D eigenvalue weighted by atomic mass is 35.5. The molecule has 3 N–H and O–H groups in total. The van der Waals surface area contributed by atoms with Crippen molar-refractivity contribution in [2.24, 2.45) is 7.05 Å². The molecular weight excluding hydrogens is 465 g/mol. The van der Waals surface area contributed by atoms with Gasteiger partial charge in [0.15, 0.2) is 0 Å². The van der Waals surface area contributed by atoms with E-state index in [4.69, 9.17) is 17.3 Å². The summed E-state index contributed by atoms with van der Waals surface area (Å²) in [6, 6.07) is 22.5. The average Bonchev–Trinajstić information content (AvgIpc) is 3.18. The predicted octanol–water partition coefficient (Wildman–Crippen LogP) is 6.26. The van der Waals surface area contributed by atoms with E-state index < -0.39 is 5.82 Å².